The molecule has 5 rings (SSSR count). The van der Waals surface area contributed by atoms with Crippen molar-refractivity contribution in [2.75, 3.05) is 0 Å². The molecule has 0 aliphatic heterocycles. The Kier molecular flexibility index (Phi) is 6.60. The van der Waals surface area contributed by atoms with Crippen molar-refractivity contribution in [2.45, 2.75) is 29.9 Å². The minimum Gasteiger partial charge on any atom is -0.361 e. The molecular formula is C26H24N6O2S. The molecule has 9 heteroatoms. The molecule has 3 N–H and O–H groups in total. The third-order valence-corrected chi connectivity index (χ3v) is 6.93. The summed E-state index contributed by atoms with van der Waals surface area (Å²) >= 11 is 1.54. The molecule has 0 fully saturated rings. The maximum atomic E-state index is 10.9. The first-order chi connectivity index (χ1) is 17.1. The van der Waals surface area contributed by atoms with Crippen molar-refractivity contribution >= 4 is 28.4 Å². The van der Waals surface area contributed by atoms with Gasteiger partial charge in [0.05, 0.1) is 17.5 Å². The molecule has 0 spiro atoms. The fraction of sp³-hybridized carbons (Fsp3) is 0.154. The van der Waals surface area contributed by atoms with Crippen LogP contribution in [0, 0.1) is 10.1 Å². The lowest BCUT2D eigenvalue weighted by molar-refractivity contribution is -0.384. The van der Waals surface area contributed by atoms with Gasteiger partial charge in [0.25, 0.3) is 5.69 Å². The topological polar surface area (TPSA) is 116 Å². The molecule has 1 unspecified atom stereocenters. The lowest BCUT2D eigenvalue weighted by atomic mass is 10.0. The normalized spacial score (nSPS) is 12.1. The number of fused-ring (bicyclic) bond motifs is 1. The zero-order valence-corrected chi connectivity index (χ0v) is 19.7. The highest BCUT2D eigenvalue weighted by molar-refractivity contribution is 7.98. The summed E-state index contributed by atoms with van der Waals surface area (Å²) in [6.45, 7) is 0.605. The minimum atomic E-state index is -0.394. The number of nitrogens with zero attached hydrogens (tertiary/aromatic N) is 4. The van der Waals surface area contributed by atoms with Crippen molar-refractivity contribution in [3.63, 3.8) is 0 Å². The number of para-hydroxylation sites is 1. The summed E-state index contributed by atoms with van der Waals surface area (Å²) in [5.41, 5.74) is 11.1. The predicted molar refractivity (Wildman–Crippen MR) is 137 cm³/mol. The predicted octanol–water partition coefficient (Wildman–Crippen LogP) is 5.25. The van der Waals surface area contributed by atoms with Crippen LogP contribution in [0.5, 0.6) is 0 Å². The van der Waals surface area contributed by atoms with Crippen LogP contribution in [0.25, 0.3) is 10.9 Å². The van der Waals surface area contributed by atoms with Crippen LogP contribution in [0.2, 0.25) is 0 Å². The van der Waals surface area contributed by atoms with Gasteiger partial charge in [0.2, 0.25) is 0 Å². The van der Waals surface area contributed by atoms with Gasteiger partial charge in [-0.1, -0.05) is 72.4 Å². The summed E-state index contributed by atoms with van der Waals surface area (Å²) in [7, 11) is 0. The number of nitro benzene ring substituents is 1. The van der Waals surface area contributed by atoms with E-state index in [-0.39, 0.29) is 11.7 Å². The van der Waals surface area contributed by atoms with E-state index in [1.165, 1.54) is 12.1 Å². The number of H-pyrrole nitrogens is 1. The van der Waals surface area contributed by atoms with Crippen LogP contribution in [0.4, 0.5) is 5.69 Å². The van der Waals surface area contributed by atoms with E-state index < -0.39 is 4.92 Å². The van der Waals surface area contributed by atoms with E-state index in [1.54, 1.807) is 23.9 Å². The Bertz CT molecular complexity index is 1450. The standard InChI is InChI=1S/C26H24N6O2S/c27-23(14-20-15-28-24-9-5-4-8-22(20)24)25-29-30-26(31(25)16-18-6-2-1-3-7-18)35-17-19-10-12-21(13-11-19)32(33)34/h1-13,15,23,28H,14,16-17,27H2. The number of nitrogens with two attached hydrogens (primary N) is 1. The lowest BCUT2D eigenvalue weighted by Crippen LogP contribution is -2.20. The fourth-order valence-electron chi connectivity index (χ4n) is 4.09. The van der Waals surface area contributed by atoms with Gasteiger partial charge >= 0.3 is 0 Å². The molecule has 5 aromatic rings. The molecule has 0 aliphatic carbocycles. The van der Waals surface area contributed by atoms with Gasteiger partial charge in [-0.3, -0.25) is 10.1 Å². The van der Waals surface area contributed by atoms with Crippen LogP contribution in [0.15, 0.2) is 90.2 Å². The van der Waals surface area contributed by atoms with Crippen LogP contribution in [0.1, 0.15) is 28.6 Å². The summed E-state index contributed by atoms with van der Waals surface area (Å²) in [5.74, 6) is 1.34. The SMILES string of the molecule is NC(Cc1c[nH]c2ccccc12)c1nnc(SCc2ccc([N+](=O)[O-])cc2)n1Cc1ccccc1. The van der Waals surface area contributed by atoms with E-state index in [2.05, 4.69) is 44.0 Å². The second-order valence-corrected chi connectivity index (χ2v) is 9.24. The average Bonchev–Trinajstić information content (AvgIpc) is 3.48. The first kappa shape index (κ1) is 22.8. The Balaban J connectivity index is 1.40. The molecule has 2 aromatic heterocycles. The number of hydrogen-bond donors (Lipinski definition) is 2. The maximum absolute atomic E-state index is 10.9. The molecule has 3 aromatic carbocycles. The van der Waals surface area contributed by atoms with Gasteiger partial charge in [-0.25, -0.2) is 0 Å². The second-order valence-electron chi connectivity index (χ2n) is 8.29. The van der Waals surface area contributed by atoms with Crippen molar-refractivity contribution in [3.8, 4) is 0 Å². The van der Waals surface area contributed by atoms with Crippen molar-refractivity contribution < 1.29 is 4.92 Å². The molecule has 1 atom stereocenters. The third-order valence-electron chi connectivity index (χ3n) is 5.89. The Morgan fingerprint density at radius 3 is 2.49 bits per heavy atom. The van der Waals surface area contributed by atoms with Gasteiger partial charge in [-0.05, 0) is 29.2 Å². The van der Waals surface area contributed by atoms with Crippen LogP contribution >= 0.6 is 11.8 Å². The summed E-state index contributed by atoms with van der Waals surface area (Å²) in [6.07, 6.45) is 2.64. The van der Waals surface area contributed by atoms with E-state index in [0.29, 0.717) is 18.7 Å². The Morgan fingerprint density at radius 2 is 1.71 bits per heavy atom. The fourth-order valence-corrected chi connectivity index (χ4v) is 4.99. The zero-order valence-electron chi connectivity index (χ0n) is 18.9. The number of thioether (sulfide) groups is 1. The van der Waals surface area contributed by atoms with E-state index in [9.17, 15) is 10.1 Å². The summed E-state index contributed by atoms with van der Waals surface area (Å²) in [4.78, 5) is 13.8. The molecule has 0 amide bonds. The molecule has 0 saturated carbocycles. The van der Waals surface area contributed by atoms with E-state index in [1.807, 2.05) is 36.5 Å². The third kappa shape index (κ3) is 5.11. The largest absolute Gasteiger partial charge is 0.361 e. The number of hydrogen-bond acceptors (Lipinski definition) is 6. The number of aromatic amines is 1. The molecule has 2 heterocycles. The molecule has 0 bridgehead atoms. The summed E-state index contributed by atoms with van der Waals surface area (Å²) < 4.78 is 2.07. The first-order valence-electron chi connectivity index (χ1n) is 11.2. The average molecular weight is 485 g/mol. The summed E-state index contributed by atoms with van der Waals surface area (Å²) in [6, 6.07) is 24.6. The van der Waals surface area contributed by atoms with Gasteiger partial charge in [0.1, 0.15) is 0 Å². The Hall–Kier alpha value is -3.95. The molecule has 8 nitrogen and oxygen atoms in total. The second kappa shape index (κ2) is 10.1. The van der Waals surface area contributed by atoms with Crippen molar-refractivity contribution in [3.05, 3.63) is 118 Å². The smallest absolute Gasteiger partial charge is 0.269 e. The lowest BCUT2D eigenvalue weighted by Gasteiger charge is -2.15. The van der Waals surface area contributed by atoms with E-state index in [4.69, 9.17) is 5.73 Å². The number of rotatable bonds is 9. The minimum absolute atomic E-state index is 0.0801. The summed E-state index contributed by atoms with van der Waals surface area (Å²) in [5, 5.41) is 21.8. The quantitative estimate of drug-likeness (QED) is 0.168. The van der Waals surface area contributed by atoms with E-state index >= 15 is 0 Å². The zero-order chi connectivity index (χ0) is 24.2. The monoisotopic (exact) mass is 484 g/mol. The highest BCUT2D eigenvalue weighted by Gasteiger charge is 2.21. The van der Waals surface area contributed by atoms with Gasteiger partial charge < -0.3 is 15.3 Å². The molecule has 0 saturated heterocycles. The number of benzene rings is 3. The molecule has 0 radical (unpaired) electrons. The van der Waals surface area contributed by atoms with Crippen molar-refractivity contribution in [1.82, 2.24) is 19.7 Å². The van der Waals surface area contributed by atoms with Crippen molar-refractivity contribution in [2.24, 2.45) is 5.73 Å². The first-order valence-corrected chi connectivity index (χ1v) is 12.2. The van der Waals surface area contributed by atoms with Crippen LogP contribution < -0.4 is 5.73 Å². The molecule has 0 aliphatic rings. The van der Waals surface area contributed by atoms with Gasteiger partial charge in [0.15, 0.2) is 11.0 Å². The van der Waals surface area contributed by atoms with Crippen LogP contribution in [0.3, 0.4) is 0 Å². The highest BCUT2D eigenvalue weighted by atomic mass is 32.2. The molecule has 35 heavy (non-hydrogen) atoms. The van der Waals surface area contributed by atoms with Gasteiger partial charge in [-0.2, -0.15) is 0 Å². The number of non-ortho nitro benzene ring substituents is 1. The van der Waals surface area contributed by atoms with Crippen LogP contribution in [-0.4, -0.2) is 24.7 Å². The highest BCUT2D eigenvalue weighted by Crippen LogP contribution is 2.28. The van der Waals surface area contributed by atoms with Crippen LogP contribution in [-0.2, 0) is 18.7 Å². The number of aromatic nitrogens is 4. The van der Waals surface area contributed by atoms with Gasteiger partial charge in [0, 0.05) is 35.0 Å². The number of nitro groups is 1. The van der Waals surface area contributed by atoms with Crippen molar-refractivity contribution in [1.29, 1.82) is 0 Å². The Labute approximate surface area is 206 Å². The van der Waals surface area contributed by atoms with Gasteiger partial charge in [-0.15, -0.1) is 10.2 Å². The molecule has 176 valence electrons. The number of nitrogens with one attached hydrogen (secondary N) is 1. The maximum Gasteiger partial charge on any atom is 0.269 e. The Morgan fingerprint density at radius 1 is 0.971 bits per heavy atom. The molecular weight excluding hydrogens is 460 g/mol. The van der Waals surface area contributed by atoms with E-state index in [0.717, 1.165) is 38.6 Å².